The van der Waals surface area contributed by atoms with Crippen molar-refractivity contribution >= 4 is 34.7 Å². The fourth-order valence-electron chi connectivity index (χ4n) is 1.87. The van der Waals surface area contributed by atoms with E-state index in [1.54, 1.807) is 23.5 Å². The molecule has 2 aromatic heterocycles. The van der Waals surface area contributed by atoms with Gasteiger partial charge in [-0.3, -0.25) is 9.89 Å². The van der Waals surface area contributed by atoms with Crippen LogP contribution in [0.1, 0.15) is 10.7 Å². The minimum absolute atomic E-state index is 0.148. The molecule has 3 rings (SSSR count). The summed E-state index contributed by atoms with van der Waals surface area (Å²) in [6, 6.07) is 10.4. The summed E-state index contributed by atoms with van der Waals surface area (Å²) >= 11 is 2.94. The molecule has 0 radical (unpaired) electrons. The first kappa shape index (κ1) is 15.6. The standard InChI is InChI=1S/C15H14N4O2S2/c20-11-5-3-10(4-6-11)16-14(21)9-23-15-17-13(18-19-15)8-12-2-1-7-22-12/h1-7,20H,8-9H2,(H,16,21)(H,17,18,19). The Morgan fingerprint density at radius 1 is 1.30 bits per heavy atom. The Kier molecular flexibility index (Phi) is 4.94. The van der Waals surface area contributed by atoms with Gasteiger partial charge in [-0.15, -0.1) is 16.4 Å². The molecular formula is C15H14N4O2S2. The van der Waals surface area contributed by atoms with Crippen molar-refractivity contribution in [1.82, 2.24) is 15.2 Å². The first-order valence-electron chi connectivity index (χ1n) is 6.84. The average molecular weight is 346 g/mol. The summed E-state index contributed by atoms with van der Waals surface area (Å²) in [7, 11) is 0. The summed E-state index contributed by atoms with van der Waals surface area (Å²) in [4.78, 5) is 17.5. The molecule has 23 heavy (non-hydrogen) atoms. The van der Waals surface area contributed by atoms with Gasteiger partial charge in [-0.05, 0) is 35.7 Å². The SMILES string of the molecule is O=C(CSc1n[nH]c(Cc2cccs2)n1)Nc1ccc(O)cc1. The van der Waals surface area contributed by atoms with Crippen LogP contribution in [0.5, 0.6) is 5.75 Å². The number of hydrogen-bond acceptors (Lipinski definition) is 6. The second-order valence-corrected chi connectivity index (χ2v) is 6.68. The Labute approximate surface area is 141 Å². The normalized spacial score (nSPS) is 10.6. The molecule has 0 unspecified atom stereocenters. The van der Waals surface area contributed by atoms with Crippen molar-refractivity contribution in [3.63, 3.8) is 0 Å². The number of aromatic nitrogens is 3. The number of aromatic hydroxyl groups is 1. The highest BCUT2D eigenvalue weighted by Gasteiger charge is 2.09. The fourth-order valence-corrected chi connectivity index (χ4v) is 3.20. The minimum atomic E-state index is -0.148. The van der Waals surface area contributed by atoms with E-state index >= 15 is 0 Å². The second-order valence-electron chi connectivity index (χ2n) is 4.70. The summed E-state index contributed by atoms with van der Waals surface area (Å²) < 4.78 is 0. The van der Waals surface area contributed by atoms with Gasteiger partial charge in [0.15, 0.2) is 0 Å². The molecule has 0 fully saturated rings. The van der Waals surface area contributed by atoms with Gasteiger partial charge in [0.2, 0.25) is 11.1 Å². The minimum Gasteiger partial charge on any atom is -0.508 e. The van der Waals surface area contributed by atoms with Crippen molar-refractivity contribution in [2.24, 2.45) is 0 Å². The third-order valence-corrected chi connectivity index (χ3v) is 4.64. The lowest BCUT2D eigenvalue weighted by Crippen LogP contribution is -2.13. The van der Waals surface area contributed by atoms with E-state index in [9.17, 15) is 9.90 Å². The molecular weight excluding hydrogens is 332 g/mol. The number of benzene rings is 1. The van der Waals surface area contributed by atoms with Crippen LogP contribution in [0.4, 0.5) is 5.69 Å². The molecule has 8 heteroatoms. The lowest BCUT2D eigenvalue weighted by atomic mass is 10.3. The van der Waals surface area contributed by atoms with E-state index in [1.165, 1.54) is 28.8 Å². The van der Waals surface area contributed by atoms with Gasteiger partial charge in [-0.2, -0.15) is 0 Å². The van der Waals surface area contributed by atoms with Gasteiger partial charge in [0.1, 0.15) is 11.6 Å². The van der Waals surface area contributed by atoms with Crippen LogP contribution in [0.25, 0.3) is 0 Å². The van der Waals surface area contributed by atoms with Crippen LogP contribution in [-0.4, -0.2) is 31.9 Å². The number of H-pyrrole nitrogens is 1. The Morgan fingerprint density at radius 3 is 2.87 bits per heavy atom. The van der Waals surface area contributed by atoms with Gasteiger partial charge in [0, 0.05) is 17.0 Å². The number of nitrogens with zero attached hydrogens (tertiary/aromatic N) is 2. The van der Waals surface area contributed by atoms with Crippen LogP contribution in [0.2, 0.25) is 0 Å². The van der Waals surface area contributed by atoms with Gasteiger partial charge >= 0.3 is 0 Å². The van der Waals surface area contributed by atoms with Gasteiger partial charge in [-0.1, -0.05) is 17.8 Å². The smallest absolute Gasteiger partial charge is 0.234 e. The fraction of sp³-hybridized carbons (Fsp3) is 0.133. The van der Waals surface area contributed by atoms with Crippen molar-refractivity contribution in [3.05, 3.63) is 52.5 Å². The van der Waals surface area contributed by atoms with E-state index in [0.717, 1.165) is 5.82 Å². The number of carbonyl (C=O) groups is 1. The van der Waals surface area contributed by atoms with Crippen molar-refractivity contribution < 1.29 is 9.90 Å². The van der Waals surface area contributed by atoms with Gasteiger partial charge in [0.05, 0.1) is 5.75 Å². The monoisotopic (exact) mass is 346 g/mol. The predicted molar refractivity (Wildman–Crippen MR) is 91.0 cm³/mol. The van der Waals surface area contributed by atoms with E-state index in [4.69, 9.17) is 0 Å². The number of rotatable bonds is 6. The molecule has 0 spiro atoms. The summed E-state index contributed by atoms with van der Waals surface area (Å²) in [6.07, 6.45) is 0.713. The number of hydrogen-bond donors (Lipinski definition) is 3. The maximum absolute atomic E-state index is 11.9. The first-order chi connectivity index (χ1) is 11.2. The van der Waals surface area contributed by atoms with Gasteiger partial charge in [-0.25, -0.2) is 4.98 Å². The van der Waals surface area contributed by atoms with E-state index in [1.807, 2.05) is 17.5 Å². The number of amides is 1. The number of phenolic OH excluding ortho intramolecular Hbond substituents is 1. The summed E-state index contributed by atoms with van der Waals surface area (Å²) in [5.74, 6) is 1.02. The Hall–Kier alpha value is -2.32. The highest BCUT2D eigenvalue weighted by atomic mass is 32.2. The number of aromatic amines is 1. The average Bonchev–Trinajstić information content (AvgIpc) is 3.20. The molecule has 0 aliphatic heterocycles. The van der Waals surface area contributed by atoms with Crippen LogP contribution in [0, 0.1) is 0 Å². The predicted octanol–water partition coefficient (Wildman–Crippen LogP) is 2.89. The number of anilines is 1. The van der Waals surface area contributed by atoms with Crippen molar-refractivity contribution in [1.29, 1.82) is 0 Å². The Bertz CT molecular complexity index is 769. The molecule has 2 heterocycles. The Morgan fingerprint density at radius 2 is 2.13 bits per heavy atom. The van der Waals surface area contributed by atoms with E-state index in [2.05, 4.69) is 20.5 Å². The highest BCUT2D eigenvalue weighted by molar-refractivity contribution is 7.99. The lowest BCUT2D eigenvalue weighted by Gasteiger charge is -2.03. The number of nitrogens with one attached hydrogen (secondary N) is 2. The van der Waals surface area contributed by atoms with Crippen molar-refractivity contribution in [3.8, 4) is 5.75 Å². The summed E-state index contributed by atoms with van der Waals surface area (Å²) in [5.41, 5.74) is 0.641. The Balaban J connectivity index is 1.49. The van der Waals surface area contributed by atoms with Crippen LogP contribution < -0.4 is 5.32 Å². The highest BCUT2D eigenvalue weighted by Crippen LogP contribution is 2.17. The number of carbonyl (C=O) groups excluding carboxylic acids is 1. The van der Waals surface area contributed by atoms with Gasteiger partial charge < -0.3 is 10.4 Å². The largest absolute Gasteiger partial charge is 0.508 e. The van der Waals surface area contributed by atoms with E-state index in [-0.39, 0.29) is 17.4 Å². The molecule has 3 aromatic rings. The summed E-state index contributed by atoms with van der Waals surface area (Å²) in [6.45, 7) is 0. The zero-order valence-electron chi connectivity index (χ0n) is 12.0. The third kappa shape index (κ3) is 4.57. The quantitative estimate of drug-likeness (QED) is 0.471. The molecule has 0 aliphatic carbocycles. The topological polar surface area (TPSA) is 90.9 Å². The molecule has 0 saturated heterocycles. The molecule has 0 aliphatic rings. The number of thiophene rings is 1. The molecule has 0 atom stereocenters. The van der Waals surface area contributed by atoms with E-state index < -0.39 is 0 Å². The maximum Gasteiger partial charge on any atom is 0.234 e. The molecule has 1 aromatic carbocycles. The molecule has 1 amide bonds. The molecule has 3 N–H and O–H groups in total. The zero-order chi connectivity index (χ0) is 16.1. The molecule has 6 nitrogen and oxygen atoms in total. The lowest BCUT2D eigenvalue weighted by molar-refractivity contribution is -0.113. The summed E-state index contributed by atoms with van der Waals surface area (Å²) in [5, 5.41) is 21.5. The number of thioether (sulfide) groups is 1. The third-order valence-electron chi connectivity index (χ3n) is 2.92. The van der Waals surface area contributed by atoms with Crippen molar-refractivity contribution in [2.45, 2.75) is 11.6 Å². The number of phenols is 1. The maximum atomic E-state index is 11.9. The van der Waals surface area contributed by atoms with Crippen LogP contribution in [0.15, 0.2) is 46.9 Å². The van der Waals surface area contributed by atoms with Crippen molar-refractivity contribution in [2.75, 3.05) is 11.1 Å². The first-order valence-corrected chi connectivity index (χ1v) is 8.71. The van der Waals surface area contributed by atoms with Crippen LogP contribution in [-0.2, 0) is 11.2 Å². The molecule has 118 valence electrons. The molecule has 0 saturated carbocycles. The van der Waals surface area contributed by atoms with E-state index in [0.29, 0.717) is 17.3 Å². The van der Waals surface area contributed by atoms with Gasteiger partial charge in [0.25, 0.3) is 0 Å². The second kappa shape index (κ2) is 7.30. The van der Waals surface area contributed by atoms with Crippen LogP contribution in [0.3, 0.4) is 0 Å². The van der Waals surface area contributed by atoms with Crippen LogP contribution >= 0.6 is 23.1 Å². The molecule has 0 bridgehead atoms. The zero-order valence-corrected chi connectivity index (χ0v) is 13.7.